The highest BCUT2D eigenvalue weighted by Gasteiger charge is 2.20. The van der Waals surface area contributed by atoms with Crippen LogP contribution in [0.4, 0.5) is 9.93 Å². The number of nitrogens with zero attached hydrogens (tertiary/aromatic N) is 2. The van der Waals surface area contributed by atoms with Gasteiger partial charge in [0.2, 0.25) is 5.13 Å². The van der Waals surface area contributed by atoms with Gasteiger partial charge in [0.05, 0.1) is 0 Å². The molecule has 0 aliphatic heterocycles. The molecule has 88 valence electrons. The molecule has 1 heterocycles. The first kappa shape index (κ1) is 11.3. The Morgan fingerprint density at radius 3 is 3.12 bits per heavy atom. The van der Waals surface area contributed by atoms with Gasteiger partial charge in [0.15, 0.2) is 0 Å². The second kappa shape index (κ2) is 5.25. The molecule has 1 aromatic heterocycles. The number of nitrogens with one attached hydrogen (secondary N) is 2. The van der Waals surface area contributed by atoms with Crippen LogP contribution in [0.2, 0.25) is 0 Å². The Labute approximate surface area is 98.7 Å². The third-order valence-corrected chi connectivity index (χ3v) is 3.46. The topological polar surface area (TPSA) is 66.9 Å². The summed E-state index contributed by atoms with van der Waals surface area (Å²) in [5.41, 5.74) is 1.60. The number of anilines is 1. The number of carbonyl (C=O) groups excluding carboxylic acids is 1. The van der Waals surface area contributed by atoms with Gasteiger partial charge in [-0.2, -0.15) is 0 Å². The standard InChI is InChI=1S/C10H16N4OS/c1-7-3-2-4-8(5-7)12-9(15)13-10-14-11-6-16-10/h6-8H,2-5H2,1H3,(H2,12,13,14,15). The van der Waals surface area contributed by atoms with Crippen LogP contribution in [-0.2, 0) is 0 Å². The van der Waals surface area contributed by atoms with Crippen LogP contribution in [0.1, 0.15) is 32.6 Å². The van der Waals surface area contributed by atoms with Crippen molar-refractivity contribution < 1.29 is 4.79 Å². The van der Waals surface area contributed by atoms with E-state index >= 15 is 0 Å². The summed E-state index contributed by atoms with van der Waals surface area (Å²) in [6.45, 7) is 2.23. The lowest BCUT2D eigenvalue weighted by Crippen LogP contribution is -2.40. The molecule has 0 radical (unpaired) electrons. The lowest BCUT2D eigenvalue weighted by atomic mass is 9.87. The third-order valence-electron chi connectivity index (χ3n) is 2.85. The molecule has 0 spiro atoms. The van der Waals surface area contributed by atoms with Gasteiger partial charge in [-0.15, -0.1) is 10.2 Å². The SMILES string of the molecule is CC1CCCC(NC(=O)Nc2nncs2)C1. The molecule has 1 aliphatic carbocycles. The Hall–Kier alpha value is -1.17. The zero-order valence-corrected chi connectivity index (χ0v) is 10.1. The van der Waals surface area contributed by atoms with Gasteiger partial charge in [0.25, 0.3) is 0 Å². The molecule has 1 fully saturated rings. The van der Waals surface area contributed by atoms with Crippen LogP contribution in [-0.4, -0.2) is 22.3 Å². The van der Waals surface area contributed by atoms with Crippen molar-refractivity contribution in [3.05, 3.63) is 5.51 Å². The van der Waals surface area contributed by atoms with E-state index in [0.717, 1.165) is 12.8 Å². The lowest BCUT2D eigenvalue weighted by Gasteiger charge is -2.27. The van der Waals surface area contributed by atoms with E-state index in [9.17, 15) is 4.79 Å². The Morgan fingerprint density at radius 1 is 1.56 bits per heavy atom. The number of aromatic nitrogens is 2. The minimum Gasteiger partial charge on any atom is -0.335 e. The molecule has 2 unspecified atom stereocenters. The molecule has 2 atom stereocenters. The molecule has 1 aliphatic rings. The van der Waals surface area contributed by atoms with Gasteiger partial charge in [-0.3, -0.25) is 5.32 Å². The number of rotatable bonds is 2. The van der Waals surface area contributed by atoms with E-state index in [1.807, 2.05) is 0 Å². The number of hydrogen-bond acceptors (Lipinski definition) is 4. The number of amides is 2. The largest absolute Gasteiger partial charge is 0.335 e. The highest BCUT2D eigenvalue weighted by atomic mass is 32.1. The fourth-order valence-electron chi connectivity index (χ4n) is 2.11. The predicted molar refractivity (Wildman–Crippen MR) is 63.5 cm³/mol. The van der Waals surface area contributed by atoms with Gasteiger partial charge in [-0.05, 0) is 18.8 Å². The first-order valence-electron chi connectivity index (χ1n) is 5.57. The highest BCUT2D eigenvalue weighted by molar-refractivity contribution is 7.13. The van der Waals surface area contributed by atoms with Gasteiger partial charge in [-0.25, -0.2) is 4.79 Å². The molecule has 1 aromatic rings. The number of carbonyl (C=O) groups is 1. The van der Waals surface area contributed by atoms with Crippen molar-refractivity contribution in [3.8, 4) is 0 Å². The molecule has 2 amide bonds. The third kappa shape index (κ3) is 3.16. The van der Waals surface area contributed by atoms with E-state index in [-0.39, 0.29) is 6.03 Å². The summed E-state index contributed by atoms with van der Waals surface area (Å²) in [7, 11) is 0. The molecular formula is C10H16N4OS. The van der Waals surface area contributed by atoms with Gasteiger partial charge < -0.3 is 5.32 Å². The molecular weight excluding hydrogens is 224 g/mol. The van der Waals surface area contributed by atoms with E-state index in [1.54, 1.807) is 5.51 Å². The second-order valence-electron chi connectivity index (χ2n) is 4.31. The fraction of sp³-hybridized carbons (Fsp3) is 0.700. The zero-order valence-electron chi connectivity index (χ0n) is 9.27. The molecule has 6 heteroatoms. The first-order chi connectivity index (χ1) is 7.74. The van der Waals surface area contributed by atoms with E-state index in [1.165, 1.54) is 24.2 Å². The van der Waals surface area contributed by atoms with E-state index in [2.05, 4.69) is 27.8 Å². The van der Waals surface area contributed by atoms with Gasteiger partial charge in [0.1, 0.15) is 5.51 Å². The maximum Gasteiger partial charge on any atom is 0.321 e. The van der Waals surface area contributed by atoms with Crippen molar-refractivity contribution in [1.82, 2.24) is 15.5 Å². The van der Waals surface area contributed by atoms with E-state index in [0.29, 0.717) is 17.1 Å². The molecule has 5 nitrogen and oxygen atoms in total. The average molecular weight is 240 g/mol. The first-order valence-corrected chi connectivity index (χ1v) is 6.45. The molecule has 2 N–H and O–H groups in total. The van der Waals surface area contributed by atoms with Crippen LogP contribution >= 0.6 is 11.3 Å². The minimum atomic E-state index is -0.171. The maximum atomic E-state index is 11.6. The van der Waals surface area contributed by atoms with Gasteiger partial charge in [-0.1, -0.05) is 31.1 Å². The summed E-state index contributed by atoms with van der Waals surface area (Å²) in [4.78, 5) is 11.6. The highest BCUT2D eigenvalue weighted by Crippen LogP contribution is 2.23. The van der Waals surface area contributed by atoms with Crippen LogP contribution in [0.5, 0.6) is 0 Å². The van der Waals surface area contributed by atoms with Crippen molar-refractivity contribution in [3.63, 3.8) is 0 Å². The summed E-state index contributed by atoms with van der Waals surface area (Å²) >= 11 is 1.32. The molecule has 1 saturated carbocycles. The number of hydrogen-bond donors (Lipinski definition) is 2. The Balaban J connectivity index is 1.78. The lowest BCUT2D eigenvalue weighted by molar-refractivity contribution is 0.238. The normalized spacial score (nSPS) is 25.1. The van der Waals surface area contributed by atoms with Crippen molar-refractivity contribution in [2.45, 2.75) is 38.6 Å². The van der Waals surface area contributed by atoms with Crippen molar-refractivity contribution in [1.29, 1.82) is 0 Å². The minimum absolute atomic E-state index is 0.171. The quantitative estimate of drug-likeness (QED) is 0.833. The van der Waals surface area contributed by atoms with Crippen LogP contribution in [0.15, 0.2) is 5.51 Å². The molecule has 0 bridgehead atoms. The Bertz CT molecular complexity index is 341. The van der Waals surface area contributed by atoms with Crippen LogP contribution in [0.25, 0.3) is 0 Å². The summed E-state index contributed by atoms with van der Waals surface area (Å²) in [5.74, 6) is 0.709. The fourth-order valence-corrected chi connectivity index (χ4v) is 2.55. The van der Waals surface area contributed by atoms with Crippen LogP contribution in [0, 0.1) is 5.92 Å². The van der Waals surface area contributed by atoms with Crippen molar-refractivity contribution in [2.75, 3.05) is 5.32 Å². The monoisotopic (exact) mass is 240 g/mol. The maximum absolute atomic E-state index is 11.6. The summed E-state index contributed by atoms with van der Waals surface area (Å²) in [6.07, 6.45) is 4.62. The summed E-state index contributed by atoms with van der Waals surface area (Å²) in [5, 5.41) is 13.6. The molecule has 2 rings (SSSR count). The Kier molecular flexibility index (Phi) is 3.71. The van der Waals surface area contributed by atoms with Crippen molar-refractivity contribution in [2.24, 2.45) is 5.92 Å². The average Bonchev–Trinajstić information content (AvgIpc) is 2.70. The molecule has 16 heavy (non-hydrogen) atoms. The van der Waals surface area contributed by atoms with Gasteiger partial charge >= 0.3 is 6.03 Å². The van der Waals surface area contributed by atoms with Crippen LogP contribution in [0.3, 0.4) is 0 Å². The van der Waals surface area contributed by atoms with Crippen LogP contribution < -0.4 is 10.6 Å². The Morgan fingerprint density at radius 2 is 2.44 bits per heavy atom. The zero-order chi connectivity index (χ0) is 11.4. The molecule has 0 saturated heterocycles. The van der Waals surface area contributed by atoms with E-state index < -0.39 is 0 Å². The smallest absolute Gasteiger partial charge is 0.321 e. The van der Waals surface area contributed by atoms with Gasteiger partial charge in [0, 0.05) is 6.04 Å². The number of urea groups is 1. The summed E-state index contributed by atoms with van der Waals surface area (Å²) < 4.78 is 0. The second-order valence-corrected chi connectivity index (χ2v) is 5.14. The van der Waals surface area contributed by atoms with Crippen molar-refractivity contribution >= 4 is 22.5 Å². The summed E-state index contributed by atoms with van der Waals surface area (Å²) in [6, 6.07) is 0.132. The molecule has 0 aromatic carbocycles. The predicted octanol–water partition coefficient (Wildman–Crippen LogP) is 2.24. The van der Waals surface area contributed by atoms with E-state index in [4.69, 9.17) is 0 Å².